The van der Waals surface area contributed by atoms with Crippen molar-refractivity contribution in [1.29, 1.82) is 0 Å². The molecule has 0 aliphatic rings. The third kappa shape index (κ3) is 8.01. The summed E-state index contributed by atoms with van der Waals surface area (Å²) in [5.74, 6) is -5.56. The van der Waals surface area contributed by atoms with E-state index in [1.165, 1.54) is 14.1 Å². The molecule has 158 valence electrons. The lowest BCUT2D eigenvalue weighted by molar-refractivity contribution is -0.200. The van der Waals surface area contributed by atoms with Crippen LogP contribution in [0.15, 0.2) is 0 Å². The highest BCUT2D eigenvalue weighted by molar-refractivity contribution is 5.86. The Labute approximate surface area is 161 Å². The first-order valence-corrected chi connectivity index (χ1v) is 8.06. The number of amides is 2. The lowest BCUT2D eigenvalue weighted by Gasteiger charge is -2.34. The van der Waals surface area contributed by atoms with Gasteiger partial charge in [-0.1, -0.05) is 0 Å². The Morgan fingerprint density at radius 3 is 0.964 bits per heavy atom. The lowest BCUT2D eigenvalue weighted by Crippen LogP contribution is -2.58. The largest absolute Gasteiger partial charge is 0.454 e. The molecule has 2 N–H and O–H groups in total. The van der Waals surface area contributed by atoms with Crippen LogP contribution in [0.1, 0.15) is 27.7 Å². The van der Waals surface area contributed by atoms with Gasteiger partial charge in [-0.05, 0) is 0 Å². The summed E-state index contributed by atoms with van der Waals surface area (Å²) in [7, 11) is 2.43. The first kappa shape index (κ1) is 24.8. The standard InChI is InChI=1S/C16H24N2O10/c1-7(19)25-11(13(15(23)17-5)27-9(3)21)12(26-8(2)20)14(16(24)18-6)28-10(4)22/h11-14H,1-6H3,(H,17,23)(H,18,24)/t11-,12-,13-,14+/m0/s1. The van der Waals surface area contributed by atoms with E-state index in [2.05, 4.69) is 10.6 Å². The summed E-state index contributed by atoms with van der Waals surface area (Å²) >= 11 is 0. The molecule has 0 unspecified atom stereocenters. The molecule has 0 aromatic heterocycles. The first-order valence-electron chi connectivity index (χ1n) is 8.06. The molecule has 12 nitrogen and oxygen atoms in total. The van der Waals surface area contributed by atoms with Crippen molar-refractivity contribution in [3.05, 3.63) is 0 Å². The van der Waals surface area contributed by atoms with E-state index in [0.29, 0.717) is 0 Å². The molecule has 0 rings (SSSR count). The fraction of sp³-hybridized carbons (Fsp3) is 0.625. The molecule has 0 aliphatic carbocycles. The summed E-state index contributed by atoms with van der Waals surface area (Å²) in [4.78, 5) is 70.5. The molecule has 0 aromatic rings. The van der Waals surface area contributed by atoms with Gasteiger partial charge in [0, 0.05) is 41.8 Å². The normalized spacial score (nSPS) is 14.4. The van der Waals surface area contributed by atoms with Gasteiger partial charge in [-0.2, -0.15) is 0 Å². The predicted molar refractivity (Wildman–Crippen MR) is 90.3 cm³/mol. The van der Waals surface area contributed by atoms with E-state index in [1.54, 1.807) is 0 Å². The van der Waals surface area contributed by atoms with Crippen LogP contribution in [-0.2, 0) is 47.7 Å². The van der Waals surface area contributed by atoms with E-state index in [9.17, 15) is 28.8 Å². The maximum absolute atomic E-state index is 12.2. The molecule has 28 heavy (non-hydrogen) atoms. The second kappa shape index (κ2) is 11.5. The number of hydrogen-bond acceptors (Lipinski definition) is 10. The molecule has 0 heterocycles. The molecule has 2 amide bonds. The quantitative estimate of drug-likeness (QED) is 0.331. The van der Waals surface area contributed by atoms with Gasteiger partial charge in [0.25, 0.3) is 11.8 Å². The van der Waals surface area contributed by atoms with E-state index < -0.39 is 60.1 Å². The maximum Gasteiger partial charge on any atom is 0.303 e. The number of likely N-dealkylation sites (N-methyl/N-ethyl adjacent to an activating group) is 2. The van der Waals surface area contributed by atoms with Gasteiger partial charge < -0.3 is 29.6 Å². The third-order valence-electron chi connectivity index (χ3n) is 3.12. The molecule has 4 atom stereocenters. The topological polar surface area (TPSA) is 163 Å². The summed E-state index contributed by atoms with van der Waals surface area (Å²) in [6.45, 7) is 3.94. The van der Waals surface area contributed by atoms with Crippen molar-refractivity contribution in [3.8, 4) is 0 Å². The number of esters is 4. The average molecular weight is 404 g/mol. The zero-order valence-corrected chi connectivity index (χ0v) is 16.4. The van der Waals surface area contributed by atoms with Crippen molar-refractivity contribution in [1.82, 2.24) is 10.6 Å². The molecule has 12 heteroatoms. The molecule has 0 saturated heterocycles. The minimum Gasteiger partial charge on any atom is -0.454 e. The van der Waals surface area contributed by atoms with Crippen LogP contribution in [0, 0.1) is 0 Å². The zero-order chi connectivity index (χ0) is 22.0. The molecular formula is C16H24N2O10. The van der Waals surface area contributed by atoms with Gasteiger partial charge in [0.05, 0.1) is 0 Å². The molecule has 0 radical (unpaired) electrons. The molecular weight excluding hydrogens is 380 g/mol. The Morgan fingerprint density at radius 2 is 0.786 bits per heavy atom. The third-order valence-corrected chi connectivity index (χ3v) is 3.12. The van der Waals surface area contributed by atoms with Crippen LogP contribution < -0.4 is 10.6 Å². The van der Waals surface area contributed by atoms with Gasteiger partial charge in [0.1, 0.15) is 0 Å². The van der Waals surface area contributed by atoms with Crippen molar-refractivity contribution >= 4 is 35.7 Å². The zero-order valence-electron chi connectivity index (χ0n) is 16.4. The van der Waals surface area contributed by atoms with Crippen LogP contribution in [0.25, 0.3) is 0 Å². The number of carbonyl (C=O) groups excluding carboxylic acids is 6. The highest BCUT2D eigenvalue weighted by Crippen LogP contribution is 2.20. The van der Waals surface area contributed by atoms with Crippen LogP contribution in [0.2, 0.25) is 0 Å². The molecule has 0 bridgehead atoms. The first-order chi connectivity index (χ1) is 12.9. The number of ether oxygens (including phenoxy) is 4. The fourth-order valence-corrected chi connectivity index (χ4v) is 2.17. The van der Waals surface area contributed by atoms with Crippen LogP contribution in [0.4, 0.5) is 0 Å². The number of carbonyl (C=O) groups is 6. The minimum absolute atomic E-state index is 0.919. The lowest BCUT2D eigenvalue weighted by atomic mass is 10.0. The van der Waals surface area contributed by atoms with Crippen LogP contribution in [0.3, 0.4) is 0 Å². The van der Waals surface area contributed by atoms with Gasteiger partial charge in [0.2, 0.25) is 12.2 Å². The van der Waals surface area contributed by atoms with Crippen molar-refractivity contribution in [3.63, 3.8) is 0 Å². The van der Waals surface area contributed by atoms with Crippen molar-refractivity contribution in [2.45, 2.75) is 52.1 Å². The molecule has 0 saturated carbocycles. The Morgan fingerprint density at radius 1 is 0.536 bits per heavy atom. The summed E-state index contributed by atoms with van der Waals surface area (Å²) in [5, 5.41) is 4.40. The highest BCUT2D eigenvalue weighted by Gasteiger charge is 2.48. The van der Waals surface area contributed by atoms with Gasteiger partial charge in [0.15, 0.2) is 12.2 Å². The van der Waals surface area contributed by atoms with Crippen LogP contribution in [-0.4, -0.2) is 74.2 Å². The Hall–Kier alpha value is -3.18. The van der Waals surface area contributed by atoms with Gasteiger partial charge in [-0.25, -0.2) is 0 Å². The van der Waals surface area contributed by atoms with E-state index in [0.717, 1.165) is 27.7 Å². The number of hydrogen-bond donors (Lipinski definition) is 2. The van der Waals surface area contributed by atoms with Crippen LogP contribution >= 0.6 is 0 Å². The SMILES string of the molecule is CNC(=O)[C@@H](OC(C)=O)[C@@H](OC(C)=O)[C@H](OC(C)=O)[C@@H](OC(C)=O)C(=O)NC. The van der Waals surface area contributed by atoms with Gasteiger partial charge in [-0.3, -0.25) is 28.8 Å². The fourth-order valence-electron chi connectivity index (χ4n) is 2.17. The summed E-state index contributed by atoms with van der Waals surface area (Å²) in [5.41, 5.74) is 0. The molecule has 0 aliphatic heterocycles. The van der Waals surface area contributed by atoms with Crippen molar-refractivity contribution in [2.75, 3.05) is 14.1 Å². The van der Waals surface area contributed by atoms with Crippen molar-refractivity contribution < 1.29 is 47.7 Å². The highest BCUT2D eigenvalue weighted by atomic mass is 16.6. The summed E-state index contributed by atoms with van der Waals surface area (Å²) < 4.78 is 19.9. The number of rotatable bonds is 9. The minimum atomic E-state index is -1.81. The van der Waals surface area contributed by atoms with Gasteiger partial charge in [-0.15, -0.1) is 0 Å². The molecule has 0 fully saturated rings. The second-order valence-electron chi connectivity index (χ2n) is 5.44. The van der Waals surface area contributed by atoms with Gasteiger partial charge >= 0.3 is 23.9 Å². The van der Waals surface area contributed by atoms with E-state index in [4.69, 9.17) is 18.9 Å². The molecule has 0 aromatic carbocycles. The van der Waals surface area contributed by atoms with Crippen LogP contribution in [0.5, 0.6) is 0 Å². The smallest absolute Gasteiger partial charge is 0.303 e. The second-order valence-corrected chi connectivity index (χ2v) is 5.44. The Kier molecular flexibility index (Phi) is 10.2. The summed E-state index contributed by atoms with van der Waals surface area (Å²) in [6.07, 6.45) is -7.21. The maximum atomic E-state index is 12.2. The van der Waals surface area contributed by atoms with E-state index in [-0.39, 0.29) is 0 Å². The van der Waals surface area contributed by atoms with Crippen molar-refractivity contribution in [2.24, 2.45) is 0 Å². The van der Waals surface area contributed by atoms with E-state index in [1.807, 2.05) is 0 Å². The average Bonchev–Trinajstić information content (AvgIpc) is 2.58. The van der Waals surface area contributed by atoms with E-state index >= 15 is 0 Å². The molecule has 0 spiro atoms. The summed E-state index contributed by atoms with van der Waals surface area (Å²) in [6, 6.07) is 0. The monoisotopic (exact) mass is 404 g/mol. The number of nitrogens with one attached hydrogen (secondary N) is 2. The Balaban J connectivity index is 6.41. The predicted octanol–water partition coefficient (Wildman–Crippen LogP) is -1.79. The Bertz CT molecular complexity index is 579.